The molecule has 2 atom stereocenters. The van der Waals surface area contributed by atoms with Gasteiger partial charge in [-0.05, 0) is 49.4 Å². The van der Waals surface area contributed by atoms with Crippen molar-refractivity contribution in [3.63, 3.8) is 0 Å². The molecular formula is C16H26FN. The van der Waals surface area contributed by atoms with Gasteiger partial charge in [-0.1, -0.05) is 39.3 Å². The zero-order valence-electron chi connectivity index (χ0n) is 12.3. The van der Waals surface area contributed by atoms with Crippen LogP contribution >= 0.6 is 0 Å². The molecule has 0 spiro atoms. The number of hydrogen-bond acceptors (Lipinski definition) is 1. The molecule has 0 aliphatic rings. The molecule has 0 aromatic heterocycles. The van der Waals surface area contributed by atoms with Gasteiger partial charge in [0.1, 0.15) is 5.82 Å². The minimum atomic E-state index is -0.0717. The van der Waals surface area contributed by atoms with Crippen LogP contribution in [-0.2, 0) is 0 Å². The number of benzene rings is 1. The summed E-state index contributed by atoms with van der Waals surface area (Å²) in [6.07, 6.45) is 2.29. The van der Waals surface area contributed by atoms with E-state index in [4.69, 9.17) is 0 Å². The van der Waals surface area contributed by atoms with Crippen LogP contribution in [0, 0.1) is 25.6 Å². The first-order chi connectivity index (χ1) is 8.49. The lowest BCUT2D eigenvalue weighted by atomic mass is 9.92. The molecule has 0 radical (unpaired) electrons. The molecule has 1 rings (SSSR count). The molecule has 1 nitrogen and oxygen atoms in total. The predicted molar refractivity (Wildman–Crippen MR) is 76.4 cm³/mol. The Bertz CT molecular complexity index is 364. The van der Waals surface area contributed by atoms with Gasteiger partial charge < -0.3 is 5.32 Å². The van der Waals surface area contributed by atoms with E-state index in [1.54, 1.807) is 0 Å². The summed E-state index contributed by atoms with van der Waals surface area (Å²) in [7, 11) is 0. The molecule has 0 aliphatic carbocycles. The van der Waals surface area contributed by atoms with Gasteiger partial charge in [0.25, 0.3) is 0 Å². The maximum Gasteiger partial charge on any atom is 0.129 e. The zero-order valence-corrected chi connectivity index (χ0v) is 12.3. The highest BCUT2D eigenvalue weighted by molar-refractivity contribution is 5.32. The van der Waals surface area contributed by atoms with Crippen molar-refractivity contribution >= 4 is 0 Å². The lowest BCUT2D eigenvalue weighted by molar-refractivity contribution is 0.407. The first kappa shape index (κ1) is 15.2. The second-order valence-electron chi connectivity index (χ2n) is 5.33. The monoisotopic (exact) mass is 251 g/mol. The fourth-order valence-electron chi connectivity index (χ4n) is 2.33. The van der Waals surface area contributed by atoms with E-state index in [1.165, 1.54) is 12.0 Å². The Kier molecular flexibility index (Phi) is 5.80. The molecule has 1 N–H and O–H groups in total. The van der Waals surface area contributed by atoms with Crippen LogP contribution in [0.1, 0.15) is 56.3 Å². The third-order valence-electron chi connectivity index (χ3n) is 3.65. The van der Waals surface area contributed by atoms with Crippen molar-refractivity contribution in [1.29, 1.82) is 0 Å². The van der Waals surface area contributed by atoms with Crippen LogP contribution in [0.2, 0.25) is 0 Å². The average Bonchev–Trinajstić information content (AvgIpc) is 2.34. The summed E-state index contributed by atoms with van der Waals surface area (Å²) in [6, 6.07) is 4.30. The average molecular weight is 251 g/mol. The Balaban J connectivity index is 2.98. The van der Waals surface area contributed by atoms with Crippen molar-refractivity contribution in [2.75, 3.05) is 6.54 Å². The molecule has 0 heterocycles. The van der Waals surface area contributed by atoms with E-state index in [0.717, 1.165) is 24.1 Å². The van der Waals surface area contributed by atoms with Crippen LogP contribution in [0.5, 0.6) is 0 Å². The normalized spacial score (nSPS) is 14.6. The predicted octanol–water partition coefficient (Wildman–Crippen LogP) is 4.53. The summed E-state index contributed by atoms with van der Waals surface area (Å²) in [5.74, 6) is 0.609. The highest BCUT2D eigenvalue weighted by Crippen LogP contribution is 2.26. The first-order valence-corrected chi connectivity index (χ1v) is 6.99. The molecule has 18 heavy (non-hydrogen) atoms. The standard InChI is InChI=1S/C16H26FN/c1-6-11(3)8-15(18-7-2)14-9-12(4)16(17)13(5)10-14/h9-11,15,18H,6-8H2,1-5H3. The zero-order chi connectivity index (χ0) is 13.7. The SMILES string of the molecule is CCNC(CC(C)CC)c1cc(C)c(F)c(C)c1. The highest BCUT2D eigenvalue weighted by Gasteiger charge is 2.15. The molecule has 1 aromatic rings. The minimum Gasteiger partial charge on any atom is -0.310 e. The van der Waals surface area contributed by atoms with Crippen molar-refractivity contribution in [1.82, 2.24) is 5.32 Å². The molecule has 0 fully saturated rings. The van der Waals surface area contributed by atoms with Crippen LogP contribution in [-0.4, -0.2) is 6.54 Å². The maximum atomic E-state index is 13.7. The van der Waals surface area contributed by atoms with Gasteiger partial charge in [-0.3, -0.25) is 0 Å². The van der Waals surface area contributed by atoms with Crippen LogP contribution in [0.3, 0.4) is 0 Å². The van der Waals surface area contributed by atoms with E-state index in [2.05, 4.69) is 26.1 Å². The number of hydrogen-bond donors (Lipinski definition) is 1. The van der Waals surface area contributed by atoms with Gasteiger partial charge in [0.05, 0.1) is 0 Å². The summed E-state index contributed by atoms with van der Waals surface area (Å²) < 4.78 is 13.7. The topological polar surface area (TPSA) is 12.0 Å². The Morgan fingerprint density at radius 1 is 1.17 bits per heavy atom. The number of rotatable bonds is 6. The van der Waals surface area contributed by atoms with E-state index in [0.29, 0.717) is 12.0 Å². The molecule has 1 aromatic carbocycles. The lowest BCUT2D eigenvalue weighted by Crippen LogP contribution is -2.23. The fraction of sp³-hybridized carbons (Fsp3) is 0.625. The molecule has 0 amide bonds. The van der Waals surface area contributed by atoms with Crippen molar-refractivity contribution < 1.29 is 4.39 Å². The van der Waals surface area contributed by atoms with Crippen molar-refractivity contribution in [3.05, 3.63) is 34.6 Å². The van der Waals surface area contributed by atoms with Gasteiger partial charge >= 0.3 is 0 Å². The minimum absolute atomic E-state index is 0.0717. The summed E-state index contributed by atoms with van der Waals surface area (Å²) in [5.41, 5.74) is 2.71. The van der Waals surface area contributed by atoms with E-state index >= 15 is 0 Å². The third-order valence-corrected chi connectivity index (χ3v) is 3.65. The van der Waals surface area contributed by atoms with Gasteiger partial charge in [-0.2, -0.15) is 0 Å². The van der Waals surface area contributed by atoms with E-state index in [1.807, 2.05) is 26.0 Å². The van der Waals surface area contributed by atoms with Gasteiger partial charge in [0.15, 0.2) is 0 Å². The van der Waals surface area contributed by atoms with Crippen molar-refractivity contribution in [2.24, 2.45) is 5.92 Å². The Morgan fingerprint density at radius 3 is 2.17 bits per heavy atom. The van der Waals surface area contributed by atoms with Crippen LogP contribution in [0.4, 0.5) is 4.39 Å². The Hall–Kier alpha value is -0.890. The summed E-state index contributed by atoms with van der Waals surface area (Å²) in [4.78, 5) is 0. The summed E-state index contributed by atoms with van der Waals surface area (Å²) in [6.45, 7) is 11.2. The van der Waals surface area contributed by atoms with Crippen LogP contribution < -0.4 is 5.32 Å². The molecule has 2 heteroatoms. The van der Waals surface area contributed by atoms with Gasteiger partial charge in [-0.15, -0.1) is 0 Å². The van der Waals surface area contributed by atoms with Gasteiger partial charge in [-0.25, -0.2) is 4.39 Å². The lowest BCUT2D eigenvalue weighted by Gasteiger charge is -2.22. The van der Waals surface area contributed by atoms with E-state index < -0.39 is 0 Å². The summed E-state index contributed by atoms with van der Waals surface area (Å²) in [5, 5.41) is 3.52. The largest absolute Gasteiger partial charge is 0.310 e. The van der Waals surface area contributed by atoms with Crippen LogP contribution in [0.15, 0.2) is 12.1 Å². The fourth-order valence-corrected chi connectivity index (χ4v) is 2.33. The van der Waals surface area contributed by atoms with Crippen LogP contribution in [0.25, 0.3) is 0 Å². The number of halogens is 1. The molecule has 102 valence electrons. The molecule has 0 saturated heterocycles. The third kappa shape index (κ3) is 3.81. The molecule has 0 saturated carbocycles. The van der Waals surface area contributed by atoms with Gasteiger partial charge in [0, 0.05) is 6.04 Å². The van der Waals surface area contributed by atoms with Gasteiger partial charge in [0.2, 0.25) is 0 Å². The quantitative estimate of drug-likeness (QED) is 0.783. The molecule has 0 bridgehead atoms. The van der Waals surface area contributed by atoms with Crippen molar-refractivity contribution in [2.45, 2.75) is 53.5 Å². The smallest absolute Gasteiger partial charge is 0.129 e. The Labute approximate surface area is 111 Å². The molecule has 2 unspecified atom stereocenters. The molecule has 0 aliphatic heterocycles. The van der Waals surface area contributed by atoms with E-state index in [9.17, 15) is 4.39 Å². The second kappa shape index (κ2) is 6.89. The Morgan fingerprint density at radius 2 is 1.72 bits per heavy atom. The summed E-state index contributed by atoms with van der Waals surface area (Å²) >= 11 is 0. The number of aryl methyl sites for hydroxylation is 2. The van der Waals surface area contributed by atoms with E-state index in [-0.39, 0.29) is 5.82 Å². The molecular weight excluding hydrogens is 225 g/mol. The highest BCUT2D eigenvalue weighted by atomic mass is 19.1. The number of nitrogens with one attached hydrogen (secondary N) is 1. The first-order valence-electron chi connectivity index (χ1n) is 6.99. The van der Waals surface area contributed by atoms with Crippen molar-refractivity contribution in [3.8, 4) is 0 Å². The second-order valence-corrected chi connectivity index (χ2v) is 5.33. The maximum absolute atomic E-state index is 13.7.